The SMILES string of the molecule is CC(CCl)CS(=O)(=O)NCCOC(N)=O. The Balaban J connectivity index is 3.80. The van der Waals surface area contributed by atoms with Crippen LogP contribution in [0.5, 0.6) is 0 Å². The molecule has 0 saturated heterocycles. The van der Waals surface area contributed by atoms with Crippen LogP contribution in [0.15, 0.2) is 0 Å². The fourth-order valence-electron chi connectivity index (χ4n) is 0.827. The van der Waals surface area contributed by atoms with Crippen LogP contribution in [0.3, 0.4) is 0 Å². The van der Waals surface area contributed by atoms with Gasteiger partial charge in [-0.1, -0.05) is 6.92 Å². The molecule has 0 heterocycles. The van der Waals surface area contributed by atoms with Crippen LogP contribution < -0.4 is 10.5 Å². The van der Waals surface area contributed by atoms with Gasteiger partial charge in [-0.2, -0.15) is 0 Å². The molecule has 0 radical (unpaired) electrons. The van der Waals surface area contributed by atoms with E-state index in [4.69, 9.17) is 11.6 Å². The van der Waals surface area contributed by atoms with Crippen LogP contribution in [0, 0.1) is 5.92 Å². The average molecular weight is 259 g/mol. The van der Waals surface area contributed by atoms with E-state index in [9.17, 15) is 13.2 Å². The number of ether oxygens (including phenoxy) is 1. The number of halogens is 1. The number of nitrogens with one attached hydrogen (secondary N) is 1. The monoisotopic (exact) mass is 258 g/mol. The number of sulfonamides is 1. The predicted molar refractivity (Wildman–Crippen MR) is 57.2 cm³/mol. The zero-order chi connectivity index (χ0) is 11.9. The quantitative estimate of drug-likeness (QED) is 0.491. The van der Waals surface area contributed by atoms with Gasteiger partial charge in [-0.25, -0.2) is 17.9 Å². The molecular formula is C7H15ClN2O4S. The number of rotatable bonds is 7. The maximum Gasteiger partial charge on any atom is 0.404 e. The van der Waals surface area contributed by atoms with Crippen LogP contribution in [0.2, 0.25) is 0 Å². The first-order valence-electron chi connectivity index (χ1n) is 4.33. The number of amides is 1. The molecule has 0 spiro atoms. The third-order valence-electron chi connectivity index (χ3n) is 1.44. The lowest BCUT2D eigenvalue weighted by atomic mass is 10.3. The lowest BCUT2D eigenvalue weighted by Crippen LogP contribution is -2.33. The second kappa shape index (κ2) is 6.86. The second-order valence-electron chi connectivity index (χ2n) is 3.10. The van der Waals surface area contributed by atoms with Gasteiger partial charge in [0.15, 0.2) is 0 Å². The van der Waals surface area contributed by atoms with Crippen molar-refractivity contribution in [1.29, 1.82) is 0 Å². The van der Waals surface area contributed by atoms with E-state index >= 15 is 0 Å². The number of hydrogen-bond donors (Lipinski definition) is 2. The van der Waals surface area contributed by atoms with Crippen molar-refractivity contribution in [2.45, 2.75) is 6.92 Å². The highest BCUT2D eigenvalue weighted by atomic mass is 35.5. The molecular weight excluding hydrogens is 244 g/mol. The van der Waals surface area contributed by atoms with Crippen LogP contribution in [0.4, 0.5) is 4.79 Å². The minimum atomic E-state index is -3.36. The lowest BCUT2D eigenvalue weighted by molar-refractivity contribution is 0.159. The number of hydrogen-bond acceptors (Lipinski definition) is 4. The molecule has 0 aromatic heterocycles. The molecule has 1 atom stereocenters. The highest BCUT2D eigenvalue weighted by Gasteiger charge is 2.14. The molecule has 0 saturated carbocycles. The minimum absolute atomic E-state index is 0.0142. The predicted octanol–water partition coefficient (Wildman–Crippen LogP) is -0.124. The second-order valence-corrected chi connectivity index (χ2v) is 5.26. The molecule has 0 aromatic rings. The molecule has 90 valence electrons. The first-order valence-corrected chi connectivity index (χ1v) is 6.51. The van der Waals surface area contributed by atoms with Gasteiger partial charge in [0.25, 0.3) is 0 Å². The van der Waals surface area contributed by atoms with Gasteiger partial charge in [0.1, 0.15) is 6.61 Å². The van der Waals surface area contributed by atoms with Crippen LogP contribution in [0.25, 0.3) is 0 Å². The summed E-state index contributed by atoms with van der Waals surface area (Å²) in [5, 5.41) is 0. The van der Waals surface area contributed by atoms with E-state index in [0.717, 1.165) is 0 Å². The summed E-state index contributed by atoms with van der Waals surface area (Å²) < 4.78 is 29.2. The molecule has 0 aliphatic carbocycles. The van der Waals surface area contributed by atoms with Crippen molar-refractivity contribution in [2.75, 3.05) is 24.8 Å². The third kappa shape index (κ3) is 8.46. The van der Waals surface area contributed by atoms with Crippen molar-refractivity contribution >= 4 is 27.7 Å². The Bertz CT molecular complexity index is 293. The van der Waals surface area contributed by atoms with Gasteiger partial charge in [-0.15, -0.1) is 11.6 Å². The van der Waals surface area contributed by atoms with Crippen molar-refractivity contribution in [1.82, 2.24) is 4.72 Å². The Labute approximate surface area is 94.2 Å². The van der Waals surface area contributed by atoms with E-state index in [0.29, 0.717) is 0 Å². The van der Waals surface area contributed by atoms with E-state index in [-0.39, 0.29) is 30.7 Å². The Morgan fingerprint density at radius 3 is 2.67 bits per heavy atom. The summed E-state index contributed by atoms with van der Waals surface area (Å²) in [6, 6.07) is 0. The summed E-state index contributed by atoms with van der Waals surface area (Å²) in [6.45, 7) is 1.66. The summed E-state index contributed by atoms with van der Waals surface area (Å²) >= 11 is 5.48. The molecule has 0 fully saturated rings. The van der Waals surface area contributed by atoms with Gasteiger partial charge in [-0.05, 0) is 5.92 Å². The summed E-state index contributed by atoms with van der Waals surface area (Å²) in [4.78, 5) is 10.2. The van der Waals surface area contributed by atoms with Gasteiger partial charge in [0.2, 0.25) is 10.0 Å². The number of carbonyl (C=O) groups is 1. The third-order valence-corrected chi connectivity index (χ3v) is 3.61. The fraction of sp³-hybridized carbons (Fsp3) is 0.857. The van der Waals surface area contributed by atoms with Gasteiger partial charge in [0, 0.05) is 12.4 Å². The van der Waals surface area contributed by atoms with E-state index in [2.05, 4.69) is 15.2 Å². The molecule has 3 N–H and O–H groups in total. The summed E-state index contributed by atoms with van der Waals surface area (Å²) in [5.74, 6) is 0.104. The number of nitrogens with two attached hydrogens (primary N) is 1. The molecule has 8 heteroatoms. The molecule has 0 aliphatic rings. The van der Waals surface area contributed by atoms with Crippen molar-refractivity contribution in [3.05, 3.63) is 0 Å². The molecule has 6 nitrogen and oxygen atoms in total. The first kappa shape index (κ1) is 14.5. The van der Waals surface area contributed by atoms with Crippen LogP contribution in [-0.2, 0) is 14.8 Å². The highest BCUT2D eigenvalue weighted by Crippen LogP contribution is 2.01. The maximum atomic E-state index is 11.3. The number of primary amides is 1. The van der Waals surface area contributed by atoms with Crippen molar-refractivity contribution < 1.29 is 17.9 Å². The number of carbonyl (C=O) groups excluding carboxylic acids is 1. The largest absolute Gasteiger partial charge is 0.448 e. The van der Waals surface area contributed by atoms with Gasteiger partial charge in [-0.3, -0.25) is 0 Å². The van der Waals surface area contributed by atoms with Gasteiger partial charge in [0.05, 0.1) is 5.75 Å². The Kier molecular flexibility index (Phi) is 6.62. The van der Waals surface area contributed by atoms with E-state index in [1.807, 2.05) is 0 Å². The minimum Gasteiger partial charge on any atom is -0.448 e. The first-order chi connectivity index (χ1) is 6.87. The molecule has 1 amide bonds. The standard InChI is InChI=1S/C7H15ClN2O4S/c1-6(4-8)5-15(12,13)10-2-3-14-7(9)11/h6,10H,2-5H2,1H3,(H2,9,11). The molecule has 0 bridgehead atoms. The van der Waals surface area contributed by atoms with E-state index in [1.54, 1.807) is 6.92 Å². The smallest absolute Gasteiger partial charge is 0.404 e. The Morgan fingerprint density at radius 2 is 2.20 bits per heavy atom. The van der Waals surface area contributed by atoms with E-state index in [1.165, 1.54) is 0 Å². The molecule has 0 rings (SSSR count). The maximum absolute atomic E-state index is 11.3. The highest BCUT2D eigenvalue weighted by molar-refractivity contribution is 7.89. The fourth-order valence-corrected chi connectivity index (χ4v) is 2.44. The van der Waals surface area contributed by atoms with Crippen LogP contribution in [0.1, 0.15) is 6.92 Å². The molecule has 1 unspecified atom stereocenters. The molecule has 0 aliphatic heterocycles. The van der Waals surface area contributed by atoms with Crippen molar-refractivity contribution in [3.8, 4) is 0 Å². The Morgan fingerprint density at radius 1 is 1.60 bits per heavy atom. The van der Waals surface area contributed by atoms with Crippen molar-refractivity contribution in [3.63, 3.8) is 0 Å². The summed E-state index contributed by atoms with van der Waals surface area (Å²) in [7, 11) is -3.36. The van der Waals surface area contributed by atoms with Crippen LogP contribution in [-0.4, -0.2) is 39.3 Å². The zero-order valence-corrected chi connectivity index (χ0v) is 9.97. The Hall–Kier alpha value is -0.530. The lowest BCUT2D eigenvalue weighted by Gasteiger charge is -2.09. The van der Waals surface area contributed by atoms with E-state index < -0.39 is 16.1 Å². The topological polar surface area (TPSA) is 98.5 Å². The number of alkyl halides is 1. The normalized spacial score (nSPS) is 13.5. The molecule has 15 heavy (non-hydrogen) atoms. The molecule has 0 aromatic carbocycles. The van der Waals surface area contributed by atoms with Gasteiger partial charge >= 0.3 is 6.09 Å². The van der Waals surface area contributed by atoms with Gasteiger partial charge < -0.3 is 10.5 Å². The zero-order valence-electron chi connectivity index (χ0n) is 8.40. The summed E-state index contributed by atoms with van der Waals surface area (Å²) in [5.41, 5.74) is 4.69. The summed E-state index contributed by atoms with van der Waals surface area (Å²) in [6.07, 6.45) is -0.927. The average Bonchev–Trinajstić information content (AvgIpc) is 2.11. The van der Waals surface area contributed by atoms with Crippen molar-refractivity contribution in [2.24, 2.45) is 11.7 Å². The van der Waals surface area contributed by atoms with Crippen LogP contribution >= 0.6 is 11.6 Å².